The van der Waals surface area contributed by atoms with Crippen molar-refractivity contribution in [1.29, 1.82) is 0 Å². The van der Waals surface area contributed by atoms with Gasteiger partial charge in [-0.3, -0.25) is 4.98 Å². The van der Waals surface area contributed by atoms with Gasteiger partial charge in [0.1, 0.15) is 12.4 Å². The van der Waals surface area contributed by atoms with Crippen LogP contribution in [-0.2, 0) is 12.4 Å². The van der Waals surface area contributed by atoms with Gasteiger partial charge in [0.15, 0.2) is 16.7 Å². The third-order valence-electron chi connectivity index (χ3n) is 5.07. The molecular weight excluding hydrogens is 486 g/mol. The highest BCUT2D eigenvalue weighted by atomic mass is 32.2. The molecule has 35 heavy (non-hydrogen) atoms. The number of halogens is 4. The highest BCUT2D eigenvalue weighted by Crippen LogP contribution is 2.35. The number of methoxy groups -OCH3 is 1. The highest BCUT2D eigenvalue weighted by molar-refractivity contribution is 7.98. The van der Waals surface area contributed by atoms with Crippen molar-refractivity contribution in [1.82, 2.24) is 15.0 Å². The van der Waals surface area contributed by atoms with E-state index in [9.17, 15) is 17.6 Å². The summed E-state index contributed by atoms with van der Waals surface area (Å²) in [7, 11) is 1.55. The monoisotopic (exact) mass is 507 g/mol. The Hall–Kier alpha value is -3.47. The van der Waals surface area contributed by atoms with Gasteiger partial charge in [0, 0.05) is 17.4 Å². The Balaban J connectivity index is 1.48. The minimum Gasteiger partial charge on any atom is -0.491 e. The third kappa shape index (κ3) is 5.79. The molecule has 0 unspecified atom stereocenters. The van der Waals surface area contributed by atoms with Crippen molar-refractivity contribution in [2.75, 3.05) is 7.11 Å². The van der Waals surface area contributed by atoms with E-state index in [2.05, 4.69) is 19.7 Å². The average Bonchev–Trinajstić information content (AvgIpc) is 3.24. The molecule has 0 amide bonds. The van der Waals surface area contributed by atoms with Crippen LogP contribution >= 0.6 is 11.8 Å². The molecule has 2 aromatic carbocycles. The molecule has 0 saturated heterocycles. The van der Waals surface area contributed by atoms with E-state index in [0.717, 1.165) is 16.8 Å². The van der Waals surface area contributed by atoms with Crippen LogP contribution in [0.1, 0.15) is 16.8 Å². The molecule has 1 N–H and O–H groups in total. The maximum atomic E-state index is 13.2. The number of hydrogen-bond acceptors (Lipinski definition) is 6. The number of pyridine rings is 1. The molecule has 0 aliphatic heterocycles. The number of nitrogens with one attached hydrogen (secondary N) is 1. The average molecular weight is 508 g/mol. The Morgan fingerprint density at radius 2 is 1.89 bits per heavy atom. The Morgan fingerprint density at radius 1 is 1.11 bits per heavy atom. The van der Waals surface area contributed by atoms with Gasteiger partial charge in [0.2, 0.25) is 0 Å². The summed E-state index contributed by atoms with van der Waals surface area (Å²) >= 11 is 1.34. The number of nitrogens with zero attached hydrogens (tertiary/aromatic N) is 2. The van der Waals surface area contributed by atoms with Crippen molar-refractivity contribution in [3.63, 3.8) is 0 Å². The van der Waals surface area contributed by atoms with E-state index >= 15 is 0 Å². The Kier molecular flexibility index (Phi) is 7.34. The van der Waals surface area contributed by atoms with Crippen LogP contribution in [0.15, 0.2) is 59.9 Å². The molecule has 0 spiro atoms. The number of alkyl halides is 4. The van der Waals surface area contributed by atoms with E-state index < -0.39 is 18.3 Å². The topological polar surface area (TPSA) is 69.3 Å². The molecule has 0 bridgehead atoms. The number of rotatable bonds is 10. The maximum absolute atomic E-state index is 13.2. The highest BCUT2D eigenvalue weighted by Gasteiger charge is 2.44. The van der Waals surface area contributed by atoms with E-state index in [1.54, 1.807) is 13.3 Å². The fraction of sp³-hybridized carbons (Fsp3) is 0.250. The Morgan fingerprint density at radius 3 is 2.60 bits per heavy atom. The minimum absolute atomic E-state index is 0.307. The Bertz CT molecular complexity index is 1300. The van der Waals surface area contributed by atoms with E-state index in [4.69, 9.17) is 9.47 Å². The lowest BCUT2D eigenvalue weighted by Crippen LogP contribution is -2.33. The standard InChI is InChI=1S/C24H21F4N3O3S/c1-14-19(29-11-20(32-2)21(14)33-12-15-6-4-3-5-7-15)13-35-23-30-17-9-8-16(10-18(17)31-23)34-24(27,28)22(25)26/h3-11,22H,12-13H2,1-2H3,(H,30,31). The molecule has 0 atom stereocenters. The Labute approximate surface area is 202 Å². The summed E-state index contributed by atoms with van der Waals surface area (Å²) in [4.78, 5) is 11.9. The van der Waals surface area contributed by atoms with Gasteiger partial charge in [-0.05, 0) is 24.6 Å². The van der Waals surface area contributed by atoms with Gasteiger partial charge >= 0.3 is 12.5 Å². The second-order valence-electron chi connectivity index (χ2n) is 7.48. The zero-order chi connectivity index (χ0) is 25.0. The fourth-order valence-corrected chi connectivity index (χ4v) is 4.15. The van der Waals surface area contributed by atoms with Crippen molar-refractivity contribution in [3.05, 3.63) is 71.5 Å². The lowest BCUT2D eigenvalue weighted by molar-refractivity contribution is -0.253. The SMILES string of the molecule is COc1cnc(CSc2nc3cc(OC(F)(F)C(F)F)ccc3[nH]2)c(C)c1OCc1ccccc1. The number of ether oxygens (including phenoxy) is 3. The first-order chi connectivity index (χ1) is 16.8. The van der Waals surface area contributed by atoms with Gasteiger partial charge in [-0.15, -0.1) is 0 Å². The van der Waals surface area contributed by atoms with E-state index in [1.807, 2.05) is 37.3 Å². The summed E-state index contributed by atoms with van der Waals surface area (Å²) < 4.78 is 66.8. The van der Waals surface area contributed by atoms with Gasteiger partial charge in [0.25, 0.3) is 0 Å². The van der Waals surface area contributed by atoms with Crippen LogP contribution in [0.3, 0.4) is 0 Å². The fourth-order valence-electron chi connectivity index (χ4n) is 3.24. The number of imidazole rings is 1. The van der Waals surface area contributed by atoms with Gasteiger partial charge in [-0.1, -0.05) is 42.1 Å². The van der Waals surface area contributed by atoms with E-state index in [1.165, 1.54) is 30.0 Å². The van der Waals surface area contributed by atoms with Crippen molar-refractivity contribution in [2.24, 2.45) is 0 Å². The predicted molar refractivity (Wildman–Crippen MR) is 124 cm³/mol. The lowest BCUT2D eigenvalue weighted by Gasteiger charge is -2.16. The summed E-state index contributed by atoms with van der Waals surface area (Å²) in [6.07, 6.45) is -6.93. The molecule has 0 aliphatic rings. The number of benzene rings is 2. The van der Waals surface area contributed by atoms with Crippen LogP contribution in [0.25, 0.3) is 11.0 Å². The molecular formula is C24H21F4N3O3S. The number of thioether (sulfide) groups is 1. The summed E-state index contributed by atoms with van der Waals surface area (Å²) in [5, 5.41) is 0.501. The molecule has 0 fully saturated rings. The molecule has 4 aromatic rings. The first kappa shape index (κ1) is 24.6. The lowest BCUT2D eigenvalue weighted by atomic mass is 10.2. The van der Waals surface area contributed by atoms with Crippen molar-refractivity contribution < 1.29 is 31.8 Å². The smallest absolute Gasteiger partial charge is 0.461 e. The summed E-state index contributed by atoms with van der Waals surface area (Å²) in [5.74, 6) is 1.14. The first-order valence-electron chi connectivity index (χ1n) is 10.4. The largest absolute Gasteiger partial charge is 0.491 e. The van der Waals surface area contributed by atoms with Crippen LogP contribution < -0.4 is 14.2 Å². The number of aromatic amines is 1. The van der Waals surface area contributed by atoms with Crippen LogP contribution in [-0.4, -0.2) is 34.6 Å². The summed E-state index contributed by atoms with van der Waals surface area (Å²) in [5.41, 5.74) is 3.43. The van der Waals surface area contributed by atoms with E-state index in [-0.39, 0.29) is 0 Å². The number of fused-ring (bicyclic) bond motifs is 1. The molecule has 6 nitrogen and oxygen atoms in total. The molecule has 2 heterocycles. The van der Waals surface area contributed by atoms with Gasteiger partial charge in [-0.25, -0.2) is 4.98 Å². The molecule has 2 aromatic heterocycles. The molecule has 11 heteroatoms. The van der Waals surface area contributed by atoms with Gasteiger partial charge in [0.05, 0.1) is 30.0 Å². The molecule has 4 rings (SSSR count). The van der Waals surface area contributed by atoms with E-state index in [0.29, 0.717) is 40.0 Å². The zero-order valence-electron chi connectivity index (χ0n) is 18.7. The van der Waals surface area contributed by atoms with Crippen LogP contribution in [0, 0.1) is 6.92 Å². The summed E-state index contributed by atoms with van der Waals surface area (Å²) in [6.45, 7) is 2.25. The first-order valence-corrected chi connectivity index (χ1v) is 11.4. The zero-order valence-corrected chi connectivity index (χ0v) is 19.5. The second kappa shape index (κ2) is 10.4. The molecule has 0 aliphatic carbocycles. The third-order valence-corrected chi connectivity index (χ3v) is 5.95. The number of hydrogen-bond donors (Lipinski definition) is 1. The number of aromatic nitrogens is 3. The van der Waals surface area contributed by atoms with Gasteiger partial charge < -0.3 is 19.2 Å². The molecule has 184 valence electrons. The quantitative estimate of drug-likeness (QED) is 0.198. The van der Waals surface area contributed by atoms with Crippen LogP contribution in [0.5, 0.6) is 17.2 Å². The van der Waals surface area contributed by atoms with Crippen molar-refractivity contribution in [2.45, 2.75) is 37.0 Å². The normalized spacial score (nSPS) is 11.7. The number of H-pyrrole nitrogens is 1. The van der Waals surface area contributed by atoms with Crippen molar-refractivity contribution in [3.8, 4) is 17.2 Å². The summed E-state index contributed by atoms with van der Waals surface area (Å²) in [6, 6.07) is 13.5. The van der Waals surface area contributed by atoms with Gasteiger partial charge in [-0.2, -0.15) is 17.6 Å². The minimum atomic E-state index is -4.58. The van der Waals surface area contributed by atoms with Crippen LogP contribution in [0.4, 0.5) is 17.6 Å². The molecule has 0 saturated carbocycles. The van der Waals surface area contributed by atoms with Crippen LogP contribution in [0.2, 0.25) is 0 Å². The molecule has 0 radical (unpaired) electrons. The maximum Gasteiger partial charge on any atom is 0.461 e. The van der Waals surface area contributed by atoms with Crippen molar-refractivity contribution >= 4 is 22.8 Å². The second-order valence-corrected chi connectivity index (χ2v) is 8.44. The predicted octanol–water partition coefficient (Wildman–Crippen LogP) is 6.38.